The molecule has 2 aromatic rings. The number of imidazole rings is 1. The van der Waals surface area contributed by atoms with Crippen molar-refractivity contribution in [2.24, 2.45) is 0 Å². The van der Waals surface area contributed by atoms with Crippen molar-refractivity contribution in [2.75, 3.05) is 42.9 Å². The van der Waals surface area contributed by atoms with E-state index < -0.39 is 0 Å². The molecular formula is C25H37N7O. The summed E-state index contributed by atoms with van der Waals surface area (Å²) >= 11 is 0. The molecule has 2 saturated heterocycles. The highest BCUT2D eigenvalue weighted by atomic mass is 16.1. The van der Waals surface area contributed by atoms with Crippen molar-refractivity contribution >= 4 is 17.5 Å². The first-order chi connectivity index (χ1) is 16.1. The van der Waals surface area contributed by atoms with Crippen molar-refractivity contribution in [3.05, 3.63) is 29.6 Å². The summed E-state index contributed by atoms with van der Waals surface area (Å²) in [5.41, 5.74) is 2.33. The number of likely N-dealkylation sites (tertiary alicyclic amines) is 1. The number of aryl methyl sites for hydroxylation is 1. The number of nitrogens with one attached hydrogen (secondary N) is 1. The molecule has 0 saturated carbocycles. The Morgan fingerprint density at radius 2 is 1.88 bits per heavy atom. The minimum atomic E-state index is 0.0435. The third-order valence-corrected chi connectivity index (χ3v) is 7.48. The number of hydrogen-bond donors (Lipinski definition) is 1. The van der Waals surface area contributed by atoms with E-state index in [-0.39, 0.29) is 11.8 Å². The fourth-order valence-corrected chi connectivity index (χ4v) is 5.73. The van der Waals surface area contributed by atoms with Crippen LogP contribution in [-0.4, -0.2) is 63.0 Å². The molecule has 33 heavy (non-hydrogen) atoms. The van der Waals surface area contributed by atoms with Gasteiger partial charge in [0.05, 0.1) is 5.69 Å². The highest BCUT2D eigenvalue weighted by molar-refractivity contribution is 5.94. The van der Waals surface area contributed by atoms with Gasteiger partial charge in [0.15, 0.2) is 0 Å². The molecule has 8 heteroatoms. The van der Waals surface area contributed by atoms with Crippen LogP contribution in [0.25, 0.3) is 0 Å². The SMILES string of the molecule is CCCc1cn(CCN2CCCC2)c(C2CCN(c3ncnc4c3[C@H](C)CC(=O)N4)CC2)n1. The van der Waals surface area contributed by atoms with Crippen molar-refractivity contribution in [3.8, 4) is 0 Å². The van der Waals surface area contributed by atoms with E-state index in [1.807, 2.05) is 0 Å². The number of fused-ring (bicyclic) bond motifs is 1. The minimum absolute atomic E-state index is 0.0435. The van der Waals surface area contributed by atoms with Gasteiger partial charge in [-0.25, -0.2) is 15.0 Å². The maximum atomic E-state index is 11.9. The molecule has 5 heterocycles. The predicted octanol–water partition coefficient (Wildman–Crippen LogP) is 3.55. The summed E-state index contributed by atoms with van der Waals surface area (Å²) in [5.74, 6) is 3.64. The third kappa shape index (κ3) is 4.76. The highest BCUT2D eigenvalue weighted by Gasteiger charge is 2.31. The molecule has 0 aromatic carbocycles. The first kappa shape index (κ1) is 22.3. The highest BCUT2D eigenvalue weighted by Crippen LogP contribution is 2.38. The normalized spacial score (nSPS) is 21.9. The molecule has 8 nitrogen and oxygen atoms in total. The zero-order valence-electron chi connectivity index (χ0n) is 20.1. The number of rotatable bonds is 7. The van der Waals surface area contributed by atoms with E-state index in [1.165, 1.54) is 37.4 Å². The molecule has 1 atom stereocenters. The van der Waals surface area contributed by atoms with E-state index in [1.54, 1.807) is 6.33 Å². The maximum absolute atomic E-state index is 11.9. The number of aromatic nitrogens is 4. The molecule has 0 unspecified atom stereocenters. The molecule has 3 aliphatic heterocycles. The van der Waals surface area contributed by atoms with Gasteiger partial charge in [-0.1, -0.05) is 20.3 Å². The van der Waals surface area contributed by atoms with Crippen LogP contribution in [0.5, 0.6) is 0 Å². The quantitative estimate of drug-likeness (QED) is 0.694. The lowest BCUT2D eigenvalue weighted by Gasteiger charge is -2.35. The van der Waals surface area contributed by atoms with Gasteiger partial charge in [-0.3, -0.25) is 4.79 Å². The first-order valence-electron chi connectivity index (χ1n) is 12.8. The zero-order valence-corrected chi connectivity index (χ0v) is 20.1. The van der Waals surface area contributed by atoms with Crippen LogP contribution in [0.1, 0.15) is 81.3 Å². The van der Waals surface area contributed by atoms with Crippen LogP contribution in [0.3, 0.4) is 0 Å². The van der Waals surface area contributed by atoms with E-state index in [0.717, 1.165) is 63.2 Å². The van der Waals surface area contributed by atoms with Crippen molar-refractivity contribution in [3.63, 3.8) is 0 Å². The Morgan fingerprint density at radius 1 is 1.09 bits per heavy atom. The predicted molar refractivity (Wildman–Crippen MR) is 130 cm³/mol. The van der Waals surface area contributed by atoms with Crippen molar-refractivity contribution < 1.29 is 4.79 Å². The maximum Gasteiger partial charge on any atom is 0.226 e. The van der Waals surface area contributed by atoms with Gasteiger partial charge in [-0.2, -0.15) is 0 Å². The van der Waals surface area contributed by atoms with Gasteiger partial charge in [0.1, 0.15) is 23.8 Å². The lowest BCUT2D eigenvalue weighted by molar-refractivity contribution is -0.116. The summed E-state index contributed by atoms with van der Waals surface area (Å²) < 4.78 is 2.45. The smallest absolute Gasteiger partial charge is 0.226 e. The van der Waals surface area contributed by atoms with Crippen molar-refractivity contribution in [1.29, 1.82) is 0 Å². The van der Waals surface area contributed by atoms with Gasteiger partial charge in [0.25, 0.3) is 0 Å². The Kier molecular flexibility index (Phi) is 6.62. The standard InChI is InChI=1S/C25H37N7O/c1-3-6-20-16-32(14-13-30-9-4-5-10-30)24(28-20)19-7-11-31(12-8-19)25-22-18(2)15-21(33)29-23(22)26-17-27-25/h16-19H,3-15H2,1-2H3,(H,26,27,29,33)/t18-/m1/s1. The Morgan fingerprint density at radius 3 is 2.64 bits per heavy atom. The van der Waals surface area contributed by atoms with Crippen LogP contribution in [-0.2, 0) is 17.8 Å². The summed E-state index contributed by atoms with van der Waals surface area (Å²) in [4.78, 5) is 31.0. The summed E-state index contributed by atoms with van der Waals surface area (Å²) in [5, 5.41) is 2.93. The van der Waals surface area contributed by atoms with Crippen LogP contribution in [0.15, 0.2) is 12.5 Å². The van der Waals surface area contributed by atoms with Gasteiger partial charge >= 0.3 is 0 Å². The lowest BCUT2D eigenvalue weighted by Crippen LogP contribution is -2.36. The molecule has 5 rings (SSSR count). The van der Waals surface area contributed by atoms with Crippen LogP contribution < -0.4 is 10.2 Å². The summed E-state index contributed by atoms with van der Waals surface area (Å²) in [6.45, 7) is 10.9. The fraction of sp³-hybridized carbons (Fsp3) is 0.680. The van der Waals surface area contributed by atoms with Crippen molar-refractivity contribution in [2.45, 2.75) is 77.2 Å². The van der Waals surface area contributed by atoms with E-state index in [0.29, 0.717) is 18.2 Å². The van der Waals surface area contributed by atoms with Crippen molar-refractivity contribution in [1.82, 2.24) is 24.4 Å². The molecule has 0 bridgehead atoms. The number of amides is 1. The number of hydrogen-bond acceptors (Lipinski definition) is 6. The van der Waals surface area contributed by atoms with E-state index in [2.05, 4.69) is 49.7 Å². The van der Waals surface area contributed by atoms with E-state index >= 15 is 0 Å². The largest absolute Gasteiger partial charge is 0.356 e. The molecule has 0 radical (unpaired) electrons. The number of carbonyl (C=O) groups is 1. The average molecular weight is 452 g/mol. The van der Waals surface area contributed by atoms with Crippen LogP contribution >= 0.6 is 0 Å². The Labute approximate surface area is 196 Å². The molecular weight excluding hydrogens is 414 g/mol. The number of anilines is 2. The molecule has 3 aliphatic rings. The monoisotopic (exact) mass is 451 g/mol. The number of nitrogens with zero attached hydrogens (tertiary/aromatic N) is 6. The molecule has 0 spiro atoms. The van der Waals surface area contributed by atoms with E-state index in [9.17, 15) is 4.79 Å². The Hall–Kier alpha value is -2.48. The summed E-state index contributed by atoms with van der Waals surface area (Å²) in [6.07, 6.45) is 11.4. The molecule has 2 aromatic heterocycles. The molecule has 1 N–H and O–H groups in total. The van der Waals surface area contributed by atoms with Crippen LogP contribution in [0.4, 0.5) is 11.6 Å². The average Bonchev–Trinajstić information content (AvgIpc) is 3.47. The number of piperidine rings is 1. The second kappa shape index (κ2) is 9.79. The molecule has 178 valence electrons. The molecule has 0 aliphatic carbocycles. The van der Waals surface area contributed by atoms with Gasteiger partial charge in [-0.15, -0.1) is 0 Å². The molecule has 2 fully saturated rings. The third-order valence-electron chi connectivity index (χ3n) is 7.48. The first-order valence-corrected chi connectivity index (χ1v) is 12.8. The zero-order chi connectivity index (χ0) is 22.8. The summed E-state index contributed by atoms with van der Waals surface area (Å²) in [7, 11) is 0. The van der Waals surface area contributed by atoms with E-state index in [4.69, 9.17) is 4.98 Å². The van der Waals surface area contributed by atoms with Crippen LogP contribution in [0, 0.1) is 0 Å². The Bertz CT molecular complexity index is 973. The lowest BCUT2D eigenvalue weighted by atomic mass is 9.92. The fourth-order valence-electron chi connectivity index (χ4n) is 5.73. The minimum Gasteiger partial charge on any atom is -0.356 e. The van der Waals surface area contributed by atoms with Gasteiger partial charge in [0, 0.05) is 50.3 Å². The van der Waals surface area contributed by atoms with Gasteiger partial charge in [-0.05, 0) is 51.1 Å². The summed E-state index contributed by atoms with van der Waals surface area (Å²) in [6, 6.07) is 0. The van der Waals surface area contributed by atoms with Crippen LogP contribution in [0.2, 0.25) is 0 Å². The topological polar surface area (TPSA) is 79.2 Å². The molecule has 1 amide bonds. The number of carbonyl (C=O) groups excluding carboxylic acids is 1. The second-order valence-electron chi connectivity index (χ2n) is 9.96. The second-order valence-corrected chi connectivity index (χ2v) is 9.96. The van der Waals surface area contributed by atoms with Gasteiger partial charge in [0.2, 0.25) is 5.91 Å². The van der Waals surface area contributed by atoms with Gasteiger partial charge < -0.3 is 19.7 Å². The Balaban J connectivity index is 1.29.